The van der Waals surface area contributed by atoms with Crippen LogP contribution in [0.25, 0.3) is 0 Å². The summed E-state index contributed by atoms with van der Waals surface area (Å²) < 4.78 is 19.1. The van der Waals surface area contributed by atoms with E-state index in [1.807, 2.05) is 6.92 Å². The summed E-state index contributed by atoms with van der Waals surface area (Å²) >= 11 is 0. The van der Waals surface area contributed by atoms with Gasteiger partial charge in [-0.3, -0.25) is 0 Å². The van der Waals surface area contributed by atoms with Crippen molar-refractivity contribution < 1.29 is 9.13 Å². The van der Waals surface area contributed by atoms with Gasteiger partial charge in [-0.15, -0.1) is 0 Å². The molecule has 2 aromatic rings. The zero-order valence-electron chi connectivity index (χ0n) is 12.4. The Balaban J connectivity index is 1.69. The van der Waals surface area contributed by atoms with E-state index in [1.165, 1.54) is 17.2 Å². The minimum atomic E-state index is -0.218. The van der Waals surface area contributed by atoms with Crippen molar-refractivity contribution in [3.8, 4) is 5.75 Å². The summed E-state index contributed by atoms with van der Waals surface area (Å²) in [5.74, 6) is 0.335. The van der Waals surface area contributed by atoms with Crippen molar-refractivity contribution in [3.63, 3.8) is 0 Å². The van der Waals surface area contributed by atoms with E-state index in [2.05, 4.69) is 29.6 Å². The number of methoxy groups -OCH3 is 1. The lowest BCUT2D eigenvalue weighted by Gasteiger charge is -2.20. The average molecular weight is 285 g/mol. The second-order valence-corrected chi connectivity index (χ2v) is 5.65. The Hall–Kier alpha value is -1.87. The van der Waals surface area contributed by atoms with Crippen molar-refractivity contribution in [2.45, 2.75) is 31.8 Å². The van der Waals surface area contributed by atoms with Gasteiger partial charge in [0, 0.05) is 23.7 Å². The highest BCUT2D eigenvalue weighted by molar-refractivity contribution is 5.34. The number of hydrogen-bond acceptors (Lipinski definition) is 2. The van der Waals surface area contributed by atoms with Gasteiger partial charge in [-0.25, -0.2) is 4.39 Å². The second kappa shape index (κ2) is 5.86. The molecule has 0 bridgehead atoms. The molecule has 3 rings (SSSR count). The van der Waals surface area contributed by atoms with Crippen LogP contribution in [-0.4, -0.2) is 13.2 Å². The van der Waals surface area contributed by atoms with Crippen molar-refractivity contribution in [2.75, 3.05) is 7.11 Å². The highest BCUT2D eigenvalue weighted by atomic mass is 19.1. The molecule has 0 spiro atoms. The first-order valence-electron chi connectivity index (χ1n) is 7.33. The van der Waals surface area contributed by atoms with Crippen molar-refractivity contribution in [1.29, 1.82) is 0 Å². The van der Waals surface area contributed by atoms with Crippen LogP contribution >= 0.6 is 0 Å². The van der Waals surface area contributed by atoms with Gasteiger partial charge >= 0.3 is 0 Å². The molecular weight excluding hydrogens is 265 g/mol. The highest BCUT2D eigenvalue weighted by Crippen LogP contribution is 2.26. The van der Waals surface area contributed by atoms with Crippen LogP contribution in [0.3, 0.4) is 0 Å². The quantitative estimate of drug-likeness (QED) is 0.926. The molecule has 0 aliphatic heterocycles. The fourth-order valence-corrected chi connectivity index (χ4v) is 3.11. The van der Waals surface area contributed by atoms with Crippen LogP contribution in [0.15, 0.2) is 42.5 Å². The zero-order valence-corrected chi connectivity index (χ0v) is 12.4. The summed E-state index contributed by atoms with van der Waals surface area (Å²) in [4.78, 5) is 0. The van der Waals surface area contributed by atoms with E-state index < -0.39 is 0 Å². The fourth-order valence-electron chi connectivity index (χ4n) is 3.11. The standard InChI is InChI=1S/C18H20FNO/c1-12(17-8-7-16(21-2)11-18(17)19)20-15-9-13-5-3-4-6-14(13)10-15/h3-8,11-12,15,20H,9-10H2,1-2H3. The molecule has 110 valence electrons. The van der Waals surface area contributed by atoms with E-state index in [0.29, 0.717) is 17.4 Å². The molecule has 2 aromatic carbocycles. The number of ether oxygens (including phenoxy) is 1. The maximum atomic E-state index is 14.1. The molecule has 0 saturated carbocycles. The smallest absolute Gasteiger partial charge is 0.131 e. The van der Waals surface area contributed by atoms with Gasteiger partial charge in [0.15, 0.2) is 0 Å². The van der Waals surface area contributed by atoms with Crippen LogP contribution in [0.2, 0.25) is 0 Å². The molecule has 21 heavy (non-hydrogen) atoms. The van der Waals surface area contributed by atoms with Crippen LogP contribution < -0.4 is 10.1 Å². The molecule has 0 fully saturated rings. The number of rotatable bonds is 4. The summed E-state index contributed by atoms with van der Waals surface area (Å²) in [5, 5.41) is 3.54. The van der Waals surface area contributed by atoms with Crippen molar-refractivity contribution in [2.24, 2.45) is 0 Å². The van der Waals surface area contributed by atoms with E-state index in [4.69, 9.17) is 4.74 Å². The Bertz CT molecular complexity index is 616. The molecule has 1 N–H and O–H groups in total. The second-order valence-electron chi connectivity index (χ2n) is 5.65. The largest absolute Gasteiger partial charge is 0.497 e. The van der Waals surface area contributed by atoms with Crippen LogP contribution in [0.5, 0.6) is 5.75 Å². The summed E-state index contributed by atoms with van der Waals surface area (Å²) in [6.07, 6.45) is 2.02. The van der Waals surface area contributed by atoms with Gasteiger partial charge in [0.2, 0.25) is 0 Å². The van der Waals surface area contributed by atoms with Crippen LogP contribution in [0.1, 0.15) is 29.7 Å². The molecule has 3 heteroatoms. The van der Waals surface area contributed by atoms with Gasteiger partial charge in [-0.1, -0.05) is 30.3 Å². The first kappa shape index (κ1) is 14.1. The molecule has 1 aliphatic rings. The monoisotopic (exact) mass is 285 g/mol. The Morgan fingerprint density at radius 1 is 1.14 bits per heavy atom. The lowest BCUT2D eigenvalue weighted by Crippen LogP contribution is -2.32. The summed E-state index contributed by atoms with van der Waals surface area (Å²) in [7, 11) is 1.55. The van der Waals surface area contributed by atoms with Crippen LogP contribution in [0, 0.1) is 5.82 Å². The van der Waals surface area contributed by atoms with Gasteiger partial charge in [0.1, 0.15) is 11.6 Å². The van der Waals surface area contributed by atoms with Crippen molar-refractivity contribution in [1.82, 2.24) is 5.32 Å². The predicted octanol–water partition coefficient (Wildman–Crippen LogP) is 3.65. The maximum Gasteiger partial charge on any atom is 0.131 e. The summed E-state index contributed by atoms with van der Waals surface area (Å²) in [5.41, 5.74) is 3.49. The third kappa shape index (κ3) is 2.93. The highest BCUT2D eigenvalue weighted by Gasteiger charge is 2.23. The molecule has 1 unspecified atom stereocenters. The third-order valence-electron chi connectivity index (χ3n) is 4.21. The first-order valence-corrected chi connectivity index (χ1v) is 7.33. The van der Waals surface area contributed by atoms with E-state index >= 15 is 0 Å². The molecule has 0 heterocycles. The van der Waals surface area contributed by atoms with Crippen molar-refractivity contribution in [3.05, 3.63) is 65.0 Å². The number of benzene rings is 2. The van der Waals surface area contributed by atoms with Crippen LogP contribution in [0.4, 0.5) is 4.39 Å². The molecule has 2 nitrogen and oxygen atoms in total. The normalized spacial score (nSPS) is 15.8. The van der Waals surface area contributed by atoms with E-state index in [-0.39, 0.29) is 11.9 Å². The molecule has 0 saturated heterocycles. The minimum absolute atomic E-state index is 0.0183. The fraction of sp³-hybridized carbons (Fsp3) is 0.333. The van der Waals surface area contributed by atoms with Crippen molar-refractivity contribution >= 4 is 0 Å². The molecule has 0 radical (unpaired) electrons. The SMILES string of the molecule is COc1ccc(C(C)NC2Cc3ccccc3C2)c(F)c1. The molecular formula is C18H20FNO. The first-order chi connectivity index (χ1) is 10.2. The average Bonchev–Trinajstić information content (AvgIpc) is 2.88. The van der Waals surface area contributed by atoms with Gasteiger partial charge in [0.05, 0.1) is 7.11 Å². The Kier molecular flexibility index (Phi) is 3.93. The lowest BCUT2D eigenvalue weighted by atomic mass is 10.1. The number of fused-ring (bicyclic) bond motifs is 1. The van der Waals surface area contributed by atoms with E-state index in [9.17, 15) is 4.39 Å². The Morgan fingerprint density at radius 3 is 2.38 bits per heavy atom. The molecule has 0 aromatic heterocycles. The lowest BCUT2D eigenvalue weighted by molar-refractivity contribution is 0.407. The number of nitrogens with one attached hydrogen (secondary N) is 1. The van der Waals surface area contributed by atoms with Gasteiger partial charge in [-0.05, 0) is 37.0 Å². The minimum Gasteiger partial charge on any atom is -0.497 e. The molecule has 1 aliphatic carbocycles. The maximum absolute atomic E-state index is 14.1. The topological polar surface area (TPSA) is 21.3 Å². The predicted molar refractivity (Wildman–Crippen MR) is 82.1 cm³/mol. The van der Waals surface area contributed by atoms with E-state index in [1.54, 1.807) is 19.2 Å². The van der Waals surface area contributed by atoms with Gasteiger partial charge < -0.3 is 10.1 Å². The molecule has 1 atom stereocenters. The molecule has 0 amide bonds. The van der Waals surface area contributed by atoms with E-state index in [0.717, 1.165) is 12.8 Å². The third-order valence-corrected chi connectivity index (χ3v) is 4.21. The van der Waals surface area contributed by atoms with Gasteiger partial charge in [-0.2, -0.15) is 0 Å². The Morgan fingerprint density at radius 2 is 1.81 bits per heavy atom. The van der Waals surface area contributed by atoms with Crippen LogP contribution in [-0.2, 0) is 12.8 Å². The number of hydrogen-bond donors (Lipinski definition) is 1. The summed E-state index contributed by atoms with van der Waals surface area (Å²) in [6.45, 7) is 2.01. The van der Waals surface area contributed by atoms with Gasteiger partial charge in [0.25, 0.3) is 0 Å². The summed E-state index contributed by atoms with van der Waals surface area (Å²) in [6, 6.07) is 13.9. The zero-order chi connectivity index (χ0) is 14.8. The number of halogens is 1. The Labute approximate surface area is 125 Å².